The van der Waals surface area contributed by atoms with Gasteiger partial charge in [0.1, 0.15) is 0 Å². The topological polar surface area (TPSA) is 37.8 Å². The van der Waals surface area contributed by atoms with Crippen molar-refractivity contribution in [3.63, 3.8) is 0 Å². The molecule has 1 aromatic rings. The number of aromatic nitrogens is 2. The maximum atomic E-state index is 4.48. The summed E-state index contributed by atoms with van der Waals surface area (Å²) in [4.78, 5) is 8.68. The van der Waals surface area contributed by atoms with Crippen LogP contribution in [0.1, 0.15) is 51.3 Å². The van der Waals surface area contributed by atoms with E-state index in [9.17, 15) is 0 Å². The molecule has 0 saturated heterocycles. The van der Waals surface area contributed by atoms with Crippen molar-refractivity contribution < 1.29 is 0 Å². The van der Waals surface area contributed by atoms with Gasteiger partial charge in [-0.15, -0.1) is 0 Å². The molecule has 3 atom stereocenters. The molecule has 3 nitrogen and oxygen atoms in total. The Morgan fingerprint density at radius 2 is 2.29 bits per heavy atom. The molecule has 1 heterocycles. The van der Waals surface area contributed by atoms with Gasteiger partial charge in [0.25, 0.3) is 0 Å². The molecular formula is C14H23N3. The van der Waals surface area contributed by atoms with Gasteiger partial charge >= 0.3 is 0 Å². The van der Waals surface area contributed by atoms with Crippen LogP contribution in [0.15, 0.2) is 18.6 Å². The van der Waals surface area contributed by atoms with Crippen molar-refractivity contribution in [2.45, 2.75) is 45.6 Å². The van der Waals surface area contributed by atoms with E-state index in [2.05, 4.69) is 29.1 Å². The van der Waals surface area contributed by atoms with Crippen LogP contribution in [0, 0.1) is 11.8 Å². The maximum Gasteiger partial charge on any atom is 0.0758 e. The highest BCUT2D eigenvalue weighted by Gasteiger charge is 2.30. The molecule has 1 saturated carbocycles. The number of hydrogen-bond donors (Lipinski definition) is 1. The van der Waals surface area contributed by atoms with Crippen LogP contribution in [0.25, 0.3) is 0 Å². The first-order chi connectivity index (χ1) is 8.31. The normalized spacial score (nSPS) is 26.0. The molecule has 3 heteroatoms. The van der Waals surface area contributed by atoms with E-state index < -0.39 is 0 Å². The van der Waals surface area contributed by atoms with Crippen LogP contribution in [0.2, 0.25) is 0 Å². The third-order valence-electron chi connectivity index (χ3n) is 3.72. The van der Waals surface area contributed by atoms with E-state index in [-0.39, 0.29) is 0 Å². The van der Waals surface area contributed by atoms with Gasteiger partial charge in [-0.2, -0.15) is 0 Å². The summed E-state index contributed by atoms with van der Waals surface area (Å²) >= 11 is 0. The zero-order chi connectivity index (χ0) is 12.1. The molecule has 2 rings (SSSR count). The summed E-state index contributed by atoms with van der Waals surface area (Å²) in [5, 5.41) is 3.65. The first-order valence-corrected chi connectivity index (χ1v) is 6.80. The quantitative estimate of drug-likeness (QED) is 0.849. The first-order valence-electron chi connectivity index (χ1n) is 6.80. The van der Waals surface area contributed by atoms with Crippen molar-refractivity contribution in [1.82, 2.24) is 15.3 Å². The van der Waals surface area contributed by atoms with E-state index in [1.165, 1.54) is 25.7 Å². The minimum Gasteiger partial charge on any atom is -0.308 e. The highest BCUT2D eigenvalue weighted by Crippen LogP contribution is 2.38. The second-order valence-corrected chi connectivity index (χ2v) is 5.24. The summed E-state index contributed by atoms with van der Waals surface area (Å²) in [5.74, 6) is 1.59. The average Bonchev–Trinajstić information content (AvgIpc) is 2.78. The molecule has 1 aliphatic carbocycles. The van der Waals surface area contributed by atoms with Crippen molar-refractivity contribution >= 4 is 0 Å². The predicted molar refractivity (Wildman–Crippen MR) is 69.6 cm³/mol. The van der Waals surface area contributed by atoms with Crippen molar-refractivity contribution in [3.05, 3.63) is 24.3 Å². The molecule has 0 spiro atoms. The van der Waals surface area contributed by atoms with Gasteiger partial charge < -0.3 is 5.32 Å². The van der Waals surface area contributed by atoms with Gasteiger partial charge in [-0.1, -0.05) is 20.3 Å². The van der Waals surface area contributed by atoms with Crippen LogP contribution in [0.4, 0.5) is 0 Å². The highest BCUT2D eigenvalue weighted by atomic mass is 15.0. The second kappa shape index (κ2) is 6.10. The molecule has 0 amide bonds. The van der Waals surface area contributed by atoms with Crippen LogP contribution in [-0.4, -0.2) is 16.5 Å². The molecule has 94 valence electrons. The van der Waals surface area contributed by atoms with Gasteiger partial charge in [-0.05, 0) is 37.6 Å². The number of rotatable bonds is 5. The smallest absolute Gasteiger partial charge is 0.0758 e. The van der Waals surface area contributed by atoms with Crippen LogP contribution in [-0.2, 0) is 0 Å². The molecule has 1 fully saturated rings. The molecule has 0 aliphatic heterocycles. The summed E-state index contributed by atoms with van der Waals surface area (Å²) in [6, 6.07) is 0.397. The predicted octanol–water partition coefficient (Wildman–Crippen LogP) is 2.95. The van der Waals surface area contributed by atoms with E-state index in [1.54, 1.807) is 12.4 Å². The third-order valence-corrected chi connectivity index (χ3v) is 3.72. The van der Waals surface area contributed by atoms with Crippen LogP contribution in [0.3, 0.4) is 0 Å². The summed E-state index contributed by atoms with van der Waals surface area (Å²) in [6.45, 7) is 5.62. The molecule has 1 aromatic heterocycles. The fourth-order valence-corrected chi connectivity index (χ4v) is 2.84. The monoisotopic (exact) mass is 233 g/mol. The van der Waals surface area contributed by atoms with E-state index in [0.29, 0.717) is 6.04 Å². The zero-order valence-electron chi connectivity index (χ0n) is 10.9. The van der Waals surface area contributed by atoms with Gasteiger partial charge in [0.15, 0.2) is 0 Å². The minimum absolute atomic E-state index is 0.397. The average molecular weight is 233 g/mol. The summed E-state index contributed by atoms with van der Waals surface area (Å²) in [7, 11) is 0. The van der Waals surface area contributed by atoms with Crippen molar-refractivity contribution in [2.24, 2.45) is 11.8 Å². The minimum atomic E-state index is 0.397. The fraction of sp³-hybridized carbons (Fsp3) is 0.714. The fourth-order valence-electron chi connectivity index (χ4n) is 2.84. The summed E-state index contributed by atoms with van der Waals surface area (Å²) < 4.78 is 0. The Morgan fingerprint density at radius 1 is 1.41 bits per heavy atom. The standard InChI is InChI=1S/C14H23N3/c1-3-6-17-14(12-5-4-11(2)9-12)13-10-15-7-8-16-13/h7-8,10-12,14,17H,3-6,9H2,1-2H3. The number of nitrogens with one attached hydrogen (secondary N) is 1. The van der Waals surface area contributed by atoms with Crippen LogP contribution < -0.4 is 5.32 Å². The Balaban J connectivity index is 2.08. The van der Waals surface area contributed by atoms with Gasteiger partial charge in [-0.25, -0.2) is 0 Å². The maximum absolute atomic E-state index is 4.48. The van der Waals surface area contributed by atoms with E-state index in [1.807, 2.05) is 6.20 Å². The lowest BCUT2D eigenvalue weighted by atomic mass is 9.94. The molecule has 17 heavy (non-hydrogen) atoms. The number of nitrogens with zero attached hydrogens (tertiary/aromatic N) is 2. The van der Waals surface area contributed by atoms with E-state index in [0.717, 1.165) is 24.1 Å². The Labute approximate surface area is 104 Å². The van der Waals surface area contributed by atoms with Gasteiger partial charge in [0.05, 0.1) is 11.7 Å². The summed E-state index contributed by atoms with van der Waals surface area (Å²) in [5.41, 5.74) is 1.11. The second-order valence-electron chi connectivity index (χ2n) is 5.24. The summed E-state index contributed by atoms with van der Waals surface area (Å²) in [6.07, 6.45) is 10.6. The van der Waals surface area contributed by atoms with Crippen LogP contribution in [0.5, 0.6) is 0 Å². The van der Waals surface area contributed by atoms with Crippen molar-refractivity contribution in [2.75, 3.05) is 6.54 Å². The molecule has 1 N–H and O–H groups in total. The first kappa shape index (κ1) is 12.5. The van der Waals surface area contributed by atoms with Crippen molar-refractivity contribution in [1.29, 1.82) is 0 Å². The molecule has 3 unspecified atom stereocenters. The highest BCUT2D eigenvalue weighted by molar-refractivity contribution is 5.05. The van der Waals surface area contributed by atoms with Gasteiger partial charge in [0, 0.05) is 18.6 Å². The van der Waals surface area contributed by atoms with E-state index >= 15 is 0 Å². The molecular weight excluding hydrogens is 210 g/mol. The molecule has 0 bridgehead atoms. The number of hydrogen-bond acceptors (Lipinski definition) is 3. The Kier molecular flexibility index (Phi) is 4.49. The van der Waals surface area contributed by atoms with E-state index in [4.69, 9.17) is 0 Å². The van der Waals surface area contributed by atoms with Gasteiger partial charge in [-0.3, -0.25) is 9.97 Å². The lowest BCUT2D eigenvalue weighted by Gasteiger charge is -2.24. The lowest BCUT2D eigenvalue weighted by Crippen LogP contribution is -2.28. The molecule has 1 aliphatic rings. The Morgan fingerprint density at radius 3 is 2.88 bits per heavy atom. The molecule has 0 radical (unpaired) electrons. The lowest BCUT2D eigenvalue weighted by molar-refractivity contribution is 0.352. The van der Waals surface area contributed by atoms with Gasteiger partial charge in [0.2, 0.25) is 0 Å². The largest absolute Gasteiger partial charge is 0.308 e. The Hall–Kier alpha value is -0.960. The zero-order valence-corrected chi connectivity index (χ0v) is 10.9. The Bertz CT molecular complexity index is 325. The van der Waals surface area contributed by atoms with Crippen LogP contribution >= 0.6 is 0 Å². The molecule has 0 aromatic carbocycles. The SMILES string of the molecule is CCCNC(c1cnccn1)C1CCC(C)C1. The van der Waals surface area contributed by atoms with Crippen molar-refractivity contribution in [3.8, 4) is 0 Å². The third kappa shape index (κ3) is 3.25.